The molecule has 1 aliphatic rings. The summed E-state index contributed by atoms with van der Waals surface area (Å²) in [6.07, 6.45) is 10.5. The lowest BCUT2D eigenvalue weighted by Gasteiger charge is -2.27. The van der Waals surface area contributed by atoms with Crippen LogP contribution in [0, 0.1) is 23.5 Å². The molecule has 28 heavy (non-hydrogen) atoms. The Morgan fingerprint density at radius 3 is 2.29 bits per heavy atom. The number of rotatable bonds is 8. The summed E-state index contributed by atoms with van der Waals surface area (Å²) < 4.78 is 33.8. The van der Waals surface area contributed by atoms with Crippen molar-refractivity contribution in [3.05, 3.63) is 66.3 Å². The molecule has 1 nitrogen and oxygen atoms in total. The van der Waals surface area contributed by atoms with Crippen molar-refractivity contribution in [1.29, 1.82) is 0 Å². The highest BCUT2D eigenvalue weighted by Crippen LogP contribution is 2.34. The van der Waals surface area contributed by atoms with Crippen molar-refractivity contribution in [2.45, 2.75) is 51.9 Å². The van der Waals surface area contributed by atoms with Gasteiger partial charge in [-0.2, -0.15) is 4.39 Å². The molecule has 0 bridgehead atoms. The Kier molecular flexibility index (Phi) is 7.24. The third-order valence-corrected chi connectivity index (χ3v) is 6.05. The first-order valence-electron chi connectivity index (χ1n) is 10.4. The van der Waals surface area contributed by atoms with Gasteiger partial charge < -0.3 is 4.74 Å². The molecule has 1 fully saturated rings. The van der Waals surface area contributed by atoms with Crippen LogP contribution in [0.5, 0.6) is 5.75 Å². The second-order valence-electron chi connectivity index (χ2n) is 7.87. The summed E-state index contributed by atoms with van der Waals surface area (Å²) in [5.41, 5.74) is 2.19. The van der Waals surface area contributed by atoms with E-state index in [1.807, 2.05) is 24.3 Å². The highest BCUT2D eigenvalue weighted by atomic mass is 19.2. The lowest BCUT2D eigenvalue weighted by atomic mass is 9.78. The summed E-state index contributed by atoms with van der Waals surface area (Å²) in [5, 5.41) is 0. The van der Waals surface area contributed by atoms with Gasteiger partial charge in [-0.05, 0) is 47.9 Å². The van der Waals surface area contributed by atoms with Crippen LogP contribution in [0.3, 0.4) is 0 Å². The van der Waals surface area contributed by atoms with Gasteiger partial charge in [-0.1, -0.05) is 75.9 Å². The standard InChI is InChI=1S/C25H30F2O/c1-3-17-28-23-16-15-22(24(26)25(23)27)21-13-11-20(12-14-21)10-9-19-7-5-18(4-2)6-8-19/h3,11-16,18-19H,1,4-10,17H2,2H3. The number of hydrogen-bond acceptors (Lipinski definition) is 1. The Bertz CT molecular complexity index is 774. The summed E-state index contributed by atoms with van der Waals surface area (Å²) in [6, 6.07) is 10.9. The summed E-state index contributed by atoms with van der Waals surface area (Å²) >= 11 is 0. The number of hydrogen-bond donors (Lipinski definition) is 0. The maximum atomic E-state index is 14.4. The third-order valence-electron chi connectivity index (χ3n) is 6.05. The Morgan fingerprint density at radius 1 is 0.964 bits per heavy atom. The minimum Gasteiger partial charge on any atom is -0.486 e. The second kappa shape index (κ2) is 9.86. The molecular formula is C25H30F2O. The average molecular weight is 385 g/mol. The van der Waals surface area contributed by atoms with Gasteiger partial charge in [0.2, 0.25) is 5.82 Å². The summed E-state index contributed by atoms with van der Waals surface area (Å²) in [7, 11) is 0. The molecule has 0 heterocycles. The van der Waals surface area contributed by atoms with Gasteiger partial charge in [0.15, 0.2) is 11.6 Å². The fourth-order valence-corrected chi connectivity index (χ4v) is 4.17. The van der Waals surface area contributed by atoms with E-state index in [0.717, 1.165) is 18.3 Å². The topological polar surface area (TPSA) is 9.23 Å². The first kappa shape index (κ1) is 20.6. The van der Waals surface area contributed by atoms with E-state index in [1.54, 1.807) is 6.07 Å². The summed E-state index contributed by atoms with van der Waals surface area (Å²) in [5.74, 6) is -0.153. The molecular weight excluding hydrogens is 354 g/mol. The number of halogens is 2. The van der Waals surface area contributed by atoms with Crippen molar-refractivity contribution in [3.63, 3.8) is 0 Å². The zero-order valence-electron chi connectivity index (χ0n) is 16.7. The third kappa shape index (κ3) is 5.01. The number of ether oxygens (including phenoxy) is 1. The van der Waals surface area contributed by atoms with Gasteiger partial charge >= 0.3 is 0 Å². The van der Waals surface area contributed by atoms with E-state index >= 15 is 0 Å². The predicted octanol–water partition coefficient (Wildman–Crippen LogP) is 7.35. The molecule has 0 radical (unpaired) electrons. The van der Waals surface area contributed by atoms with Crippen molar-refractivity contribution < 1.29 is 13.5 Å². The van der Waals surface area contributed by atoms with Crippen LogP contribution in [0.15, 0.2) is 49.1 Å². The van der Waals surface area contributed by atoms with Gasteiger partial charge in [-0.3, -0.25) is 0 Å². The Labute approximate surface area is 167 Å². The van der Waals surface area contributed by atoms with E-state index in [1.165, 1.54) is 56.2 Å². The van der Waals surface area contributed by atoms with Crippen LogP contribution in [-0.2, 0) is 6.42 Å². The van der Waals surface area contributed by atoms with Crippen LogP contribution in [0.25, 0.3) is 11.1 Å². The van der Waals surface area contributed by atoms with Crippen LogP contribution in [0.4, 0.5) is 8.78 Å². The van der Waals surface area contributed by atoms with Gasteiger partial charge in [-0.15, -0.1) is 0 Å². The maximum Gasteiger partial charge on any atom is 0.201 e. The van der Waals surface area contributed by atoms with Crippen molar-refractivity contribution in [1.82, 2.24) is 0 Å². The van der Waals surface area contributed by atoms with Gasteiger partial charge in [0.1, 0.15) is 6.61 Å². The van der Waals surface area contributed by atoms with Gasteiger partial charge in [-0.25, -0.2) is 4.39 Å². The van der Waals surface area contributed by atoms with Crippen LogP contribution in [0.1, 0.15) is 51.0 Å². The van der Waals surface area contributed by atoms with E-state index in [2.05, 4.69) is 13.5 Å². The van der Waals surface area contributed by atoms with E-state index in [4.69, 9.17) is 4.74 Å². The van der Waals surface area contributed by atoms with Crippen molar-refractivity contribution in [2.24, 2.45) is 11.8 Å². The quantitative estimate of drug-likeness (QED) is 0.432. The molecule has 0 spiro atoms. The van der Waals surface area contributed by atoms with E-state index < -0.39 is 11.6 Å². The lowest BCUT2D eigenvalue weighted by molar-refractivity contribution is 0.259. The van der Waals surface area contributed by atoms with E-state index in [9.17, 15) is 8.78 Å². The summed E-state index contributed by atoms with van der Waals surface area (Å²) in [4.78, 5) is 0. The predicted molar refractivity (Wildman–Crippen MR) is 112 cm³/mol. The van der Waals surface area contributed by atoms with Gasteiger partial charge in [0.25, 0.3) is 0 Å². The van der Waals surface area contributed by atoms with Gasteiger partial charge in [0, 0.05) is 5.56 Å². The molecule has 0 aliphatic heterocycles. The fourth-order valence-electron chi connectivity index (χ4n) is 4.17. The highest BCUT2D eigenvalue weighted by Gasteiger charge is 2.20. The molecule has 0 unspecified atom stereocenters. The molecule has 150 valence electrons. The molecule has 0 atom stereocenters. The average Bonchev–Trinajstić information content (AvgIpc) is 2.74. The Morgan fingerprint density at radius 2 is 1.64 bits per heavy atom. The Balaban J connectivity index is 1.61. The van der Waals surface area contributed by atoms with Crippen LogP contribution in [0.2, 0.25) is 0 Å². The monoisotopic (exact) mass is 384 g/mol. The molecule has 2 aromatic carbocycles. The molecule has 3 rings (SSSR count). The highest BCUT2D eigenvalue weighted by molar-refractivity contribution is 5.65. The van der Waals surface area contributed by atoms with Crippen molar-refractivity contribution in [3.8, 4) is 16.9 Å². The first-order chi connectivity index (χ1) is 13.6. The SMILES string of the molecule is C=CCOc1ccc(-c2ccc(CCC3CCC(CC)CC3)cc2)c(F)c1F. The van der Waals surface area contributed by atoms with Crippen LogP contribution < -0.4 is 4.74 Å². The molecule has 1 saturated carbocycles. The molecule has 0 amide bonds. The Hall–Kier alpha value is -2.16. The fraction of sp³-hybridized carbons (Fsp3) is 0.440. The zero-order valence-corrected chi connectivity index (χ0v) is 16.7. The molecule has 0 saturated heterocycles. The normalized spacial score (nSPS) is 19.4. The maximum absolute atomic E-state index is 14.4. The number of aryl methyl sites for hydroxylation is 1. The molecule has 1 aliphatic carbocycles. The van der Waals surface area contributed by atoms with Gasteiger partial charge in [0.05, 0.1) is 0 Å². The molecule has 3 heteroatoms. The summed E-state index contributed by atoms with van der Waals surface area (Å²) in [6.45, 7) is 5.95. The minimum atomic E-state index is -0.953. The zero-order chi connectivity index (χ0) is 19.9. The van der Waals surface area contributed by atoms with E-state index in [-0.39, 0.29) is 17.9 Å². The lowest BCUT2D eigenvalue weighted by Crippen LogP contribution is -2.14. The van der Waals surface area contributed by atoms with E-state index in [0.29, 0.717) is 5.56 Å². The number of benzene rings is 2. The van der Waals surface area contributed by atoms with Crippen molar-refractivity contribution in [2.75, 3.05) is 6.61 Å². The van der Waals surface area contributed by atoms with Crippen molar-refractivity contribution >= 4 is 0 Å². The molecule has 0 N–H and O–H groups in total. The van der Waals surface area contributed by atoms with Crippen LogP contribution >= 0.6 is 0 Å². The smallest absolute Gasteiger partial charge is 0.201 e. The second-order valence-corrected chi connectivity index (χ2v) is 7.87. The largest absolute Gasteiger partial charge is 0.486 e. The van der Waals surface area contributed by atoms with Crippen LogP contribution in [-0.4, -0.2) is 6.61 Å². The first-order valence-corrected chi connectivity index (χ1v) is 10.4. The molecule has 2 aromatic rings. The minimum absolute atomic E-state index is 0.0874. The molecule has 0 aromatic heterocycles.